The van der Waals surface area contributed by atoms with E-state index in [-0.39, 0.29) is 23.5 Å². The highest BCUT2D eigenvalue weighted by Gasteiger charge is 2.32. The highest BCUT2D eigenvalue weighted by atomic mass is 32.2. The molecule has 2 aromatic carbocycles. The Balaban J connectivity index is 1.61. The van der Waals surface area contributed by atoms with Gasteiger partial charge in [-0.2, -0.15) is 0 Å². The molecule has 2 unspecified atom stereocenters. The van der Waals surface area contributed by atoms with Gasteiger partial charge in [0.25, 0.3) is 5.91 Å². The maximum atomic E-state index is 13.6. The molecule has 0 radical (unpaired) electrons. The van der Waals surface area contributed by atoms with Gasteiger partial charge < -0.3 is 10.1 Å². The molecule has 0 bridgehead atoms. The Hall–Kier alpha value is -3.19. The van der Waals surface area contributed by atoms with Gasteiger partial charge in [-0.1, -0.05) is 37.3 Å². The summed E-state index contributed by atoms with van der Waals surface area (Å²) in [5, 5.41) is 3.81. The highest BCUT2D eigenvalue weighted by molar-refractivity contribution is 7.91. The van der Waals surface area contributed by atoms with Crippen molar-refractivity contribution < 1.29 is 17.9 Å². The third-order valence-electron chi connectivity index (χ3n) is 6.67. The number of ether oxygens (including phenoxy) is 1. The van der Waals surface area contributed by atoms with E-state index in [2.05, 4.69) is 18.3 Å². The van der Waals surface area contributed by atoms with Crippen molar-refractivity contribution in [2.45, 2.75) is 32.2 Å². The number of para-hydroxylation sites is 1. The third kappa shape index (κ3) is 4.44. The predicted molar refractivity (Wildman–Crippen MR) is 135 cm³/mol. The Bertz CT molecular complexity index is 1390. The van der Waals surface area contributed by atoms with Gasteiger partial charge in [-0.15, -0.1) is 0 Å². The van der Waals surface area contributed by atoms with Crippen LogP contribution in [-0.2, 0) is 16.3 Å². The first kappa shape index (κ1) is 22.6. The lowest BCUT2D eigenvalue weighted by atomic mass is 9.80. The van der Waals surface area contributed by atoms with Crippen molar-refractivity contribution in [3.8, 4) is 5.75 Å². The molecule has 1 aliphatic heterocycles. The summed E-state index contributed by atoms with van der Waals surface area (Å²) in [4.78, 5) is 18.6. The van der Waals surface area contributed by atoms with Crippen molar-refractivity contribution in [1.82, 2.24) is 10.3 Å². The van der Waals surface area contributed by atoms with Crippen LogP contribution in [0.25, 0.3) is 22.6 Å². The fourth-order valence-corrected chi connectivity index (χ4v) is 6.74. The summed E-state index contributed by atoms with van der Waals surface area (Å²) < 4.78 is 29.1. The average Bonchev–Trinajstić information content (AvgIpc) is 3.16. The lowest BCUT2D eigenvalue weighted by Gasteiger charge is -2.27. The lowest BCUT2D eigenvalue weighted by molar-refractivity contribution is 0.0941. The molecule has 176 valence electrons. The first-order valence-corrected chi connectivity index (χ1v) is 13.4. The topological polar surface area (TPSA) is 85.4 Å². The number of sulfone groups is 1. The van der Waals surface area contributed by atoms with Crippen molar-refractivity contribution in [1.29, 1.82) is 0 Å². The molecule has 6 nitrogen and oxygen atoms in total. The molecular weight excluding hydrogens is 448 g/mol. The zero-order valence-corrected chi connectivity index (χ0v) is 20.2. The van der Waals surface area contributed by atoms with Crippen LogP contribution in [0.2, 0.25) is 0 Å². The Morgan fingerprint density at radius 2 is 1.88 bits per heavy atom. The summed E-state index contributed by atoms with van der Waals surface area (Å²) in [6, 6.07) is 15.2. The number of nitrogens with one attached hydrogen (secondary N) is 1. The van der Waals surface area contributed by atoms with E-state index in [1.165, 1.54) is 0 Å². The Morgan fingerprint density at radius 3 is 2.59 bits per heavy atom. The molecular formula is C27H28N2O4S. The van der Waals surface area contributed by atoms with Crippen LogP contribution in [-0.4, -0.2) is 44.0 Å². The van der Waals surface area contributed by atoms with Crippen LogP contribution in [0, 0.1) is 5.92 Å². The Kier molecular flexibility index (Phi) is 5.90. The number of hydrogen-bond acceptors (Lipinski definition) is 5. The van der Waals surface area contributed by atoms with Gasteiger partial charge in [0.1, 0.15) is 5.75 Å². The molecule has 1 amide bonds. The maximum absolute atomic E-state index is 13.6. The number of benzene rings is 2. The van der Waals surface area contributed by atoms with Gasteiger partial charge in [0.2, 0.25) is 0 Å². The molecule has 7 heteroatoms. The van der Waals surface area contributed by atoms with Gasteiger partial charge in [-0.05, 0) is 66.2 Å². The molecule has 2 heterocycles. The van der Waals surface area contributed by atoms with E-state index in [1.807, 2.05) is 48.5 Å². The molecule has 3 aromatic rings. The quantitative estimate of drug-likeness (QED) is 0.607. The fraction of sp³-hybridized carbons (Fsp3) is 0.333. The molecule has 34 heavy (non-hydrogen) atoms. The summed E-state index contributed by atoms with van der Waals surface area (Å²) >= 11 is 0. The van der Waals surface area contributed by atoms with Crippen molar-refractivity contribution in [3.63, 3.8) is 0 Å². The Labute approximate surface area is 200 Å². The molecule has 1 aliphatic carbocycles. The number of allylic oxidation sites excluding steroid dienone is 1. The van der Waals surface area contributed by atoms with Crippen LogP contribution in [0.5, 0.6) is 5.75 Å². The second-order valence-electron chi connectivity index (χ2n) is 9.36. The molecule has 5 rings (SSSR count). The summed E-state index contributed by atoms with van der Waals surface area (Å²) in [5.74, 6) is 1.06. The number of fused-ring (bicyclic) bond motifs is 2. The number of rotatable bonds is 4. The monoisotopic (exact) mass is 476 g/mol. The van der Waals surface area contributed by atoms with Crippen molar-refractivity contribution in [3.05, 3.63) is 70.9 Å². The standard InChI is InChI=1S/C27H28N2O4S/c1-17-13-19(15-18-7-9-21(33-2)10-8-18)26-23(14-17)25(22-5-3-4-6-24(22)29-26)27(30)28-20-11-12-34(31,32)16-20/h3-10,15,17,20H,11-14,16H2,1-2H3,(H,28,30)/b19-15+. The summed E-state index contributed by atoms with van der Waals surface area (Å²) in [6.45, 7) is 2.19. The van der Waals surface area contributed by atoms with Crippen LogP contribution >= 0.6 is 0 Å². The smallest absolute Gasteiger partial charge is 0.252 e. The van der Waals surface area contributed by atoms with E-state index in [1.54, 1.807) is 7.11 Å². The van der Waals surface area contributed by atoms with Crippen molar-refractivity contribution >= 4 is 38.3 Å². The fourth-order valence-electron chi connectivity index (χ4n) is 5.06. The maximum Gasteiger partial charge on any atom is 0.252 e. The van der Waals surface area contributed by atoms with Gasteiger partial charge in [-0.25, -0.2) is 13.4 Å². The molecule has 1 aromatic heterocycles. The van der Waals surface area contributed by atoms with E-state index in [0.717, 1.165) is 51.9 Å². The molecule has 2 atom stereocenters. The Morgan fingerprint density at radius 1 is 1.12 bits per heavy atom. The normalized spacial score (nSPS) is 22.5. The van der Waals surface area contributed by atoms with Crippen molar-refractivity contribution in [2.75, 3.05) is 18.6 Å². The number of methoxy groups -OCH3 is 1. The van der Waals surface area contributed by atoms with E-state index in [0.29, 0.717) is 17.9 Å². The number of aromatic nitrogens is 1. The van der Waals surface area contributed by atoms with Crippen LogP contribution in [0.3, 0.4) is 0 Å². The number of nitrogens with zero attached hydrogens (tertiary/aromatic N) is 1. The number of amides is 1. The molecule has 2 aliphatic rings. The van der Waals surface area contributed by atoms with Crippen LogP contribution in [0.15, 0.2) is 48.5 Å². The van der Waals surface area contributed by atoms with Gasteiger partial charge in [0.15, 0.2) is 9.84 Å². The van der Waals surface area contributed by atoms with Gasteiger partial charge in [0, 0.05) is 11.4 Å². The minimum Gasteiger partial charge on any atom is -0.497 e. The number of hydrogen-bond donors (Lipinski definition) is 1. The predicted octanol–water partition coefficient (Wildman–Crippen LogP) is 4.28. The average molecular weight is 477 g/mol. The van der Waals surface area contributed by atoms with E-state index in [9.17, 15) is 13.2 Å². The third-order valence-corrected chi connectivity index (χ3v) is 8.44. The minimum atomic E-state index is -3.09. The zero-order valence-electron chi connectivity index (χ0n) is 19.4. The minimum absolute atomic E-state index is 0.00295. The van der Waals surface area contributed by atoms with Crippen LogP contribution < -0.4 is 10.1 Å². The first-order chi connectivity index (χ1) is 16.3. The lowest BCUT2D eigenvalue weighted by Crippen LogP contribution is -2.36. The molecule has 0 saturated carbocycles. The first-order valence-electron chi connectivity index (χ1n) is 11.6. The number of carbonyl (C=O) groups excluding carboxylic acids is 1. The number of pyridine rings is 1. The van der Waals surface area contributed by atoms with E-state index >= 15 is 0 Å². The molecule has 1 fully saturated rings. The van der Waals surface area contributed by atoms with Gasteiger partial charge in [0.05, 0.1) is 35.4 Å². The van der Waals surface area contributed by atoms with Crippen molar-refractivity contribution in [2.24, 2.45) is 5.92 Å². The SMILES string of the molecule is COc1ccc(/C=C2\CC(C)Cc3c2nc2ccccc2c3C(=O)NC2CCS(=O)(=O)C2)cc1. The summed E-state index contributed by atoms with van der Waals surface area (Å²) in [7, 11) is -1.44. The van der Waals surface area contributed by atoms with E-state index < -0.39 is 9.84 Å². The summed E-state index contributed by atoms with van der Waals surface area (Å²) in [6.07, 6.45) is 4.21. The van der Waals surface area contributed by atoms with E-state index in [4.69, 9.17) is 9.72 Å². The van der Waals surface area contributed by atoms with Gasteiger partial charge in [-0.3, -0.25) is 4.79 Å². The van der Waals surface area contributed by atoms with Crippen LogP contribution in [0.4, 0.5) is 0 Å². The largest absolute Gasteiger partial charge is 0.497 e. The molecule has 1 N–H and O–H groups in total. The second kappa shape index (κ2) is 8.87. The highest BCUT2D eigenvalue weighted by Crippen LogP contribution is 2.38. The molecule has 1 saturated heterocycles. The zero-order chi connectivity index (χ0) is 23.9. The second-order valence-corrected chi connectivity index (χ2v) is 11.6. The van der Waals surface area contributed by atoms with Gasteiger partial charge >= 0.3 is 0 Å². The molecule has 0 spiro atoms. The van der Waals surface area contributed by atoms with Crippen LogP contribution in [0.1, 0.15) is 46.9 Å². The number of carbonyl (C=O) groups is 1. The summed E-state index contributed by atoms with van der Waals surface area (Å²) in [5.41, 5.74) is 5.33.